The van der Waals surface area contributed by atoms with Crippen molar-refractivity contribution in [2.24, 2.45) is 5.92 Å². The highest BCUT2D eigenvalue weighted by Gasteiger charge is 2.36. The van der Waals surface area contributed by atoms with Gasteiger partial charge in [0.2, 0.25) is 10.0 Å². The average Bonchev–Trinajstić information content (AvgIpc) is 2.69. The lowest BCUT2D eigenvalue weighted by Gasteiger charge is -2.36. The Labute approximate surface area is 186 Å². The number of benzene rings is 1. The zero-order valence-electron chi connectivity index (χ0n) is 17.5. The number of aliphatic hydroxyl groups excluding tert-OH is 1. The van der Waals surface area contributed by atoms with E-state index < -0.39 is 37.8 Å². The van der Waals surface area contributed by atoms with Crippen LogP contribution in [-0.4, -0.2) is 86.1 Å². The molecule has 2 fully saturated rings. The fourth-order valence-electron chi connectivity index (χ4n) is 4.08. The third-order valence-corrected chi connectivity index (χ3v) is 8.25. The number of piperidine rings is 1. The van der Waals surface area contributed by atoms with Crippen LogP contribution in [0.15, 0.2) is 23.1 Å². The van der Waals surface area contributed by atoms with Crippen molar-refractivity contribution in [3.63, 3.8) is 0 Å². The quantitative estimate of drug-likeness (QED) is 0.674. The van der Waals surface area contributed by atoms with Crippen LogP contribution in [0.25, 0.3) is 0 Å². The van der Waals surface area contributed by atoms with E-state index in [1.54, 1.807) is 0 Å². The normalized spacial score (nSPS) is 22.0. The summed E-state index contributed by atoms with van der Waals surface area (Å²) in [4.78, 5) is 3.83. The van der Waals surface area contributed by atoms with Gasteiger partial charge in [-0.25, -0.2) is 8.42 Å². The SMILES string of the molecule is CC1CCN(CC(O)CN2CCN(S(=O)(=O)c3ccc(Cl)c(C(F)(F)F)c3)CC2)CC1. The Balaban J connectivity index is 1.55. The van der Waals surface area contributed by atoms with E-state index in [-0.39, 0.29) is 13.1 Å². The van der Waals surface area contributed by atoms with E-state index in [2.05, 4.69) is 11.8 Å². The molecule has 2 aliphatic rings. The Bertz CT molecular complexity index is 853. The number of aliphatic hydroxyl groups is 1. The minimum atomic E-state index is -4.73. The zero-order chi connectivity index (χ0) is 22.8. The molecule has 3 rings (SSSR count). The van der Waals surface area contributed by atoms with Crippen LogP contribution < -0.4 is 0 Å². The van der Waals surface area contributed by atoms with Crippen LogP contribution in [0.3, 0.4) is 0 Å². The lowest BCUT2D eigenvalue weighted by Crippen LogP contribution is -2.51. The molecule has 1 unspecified atom stereocenters. The lowest BCUT2D eigenvalue weighted by molar-refractivity contribution is -0.137. The number of nitrogens with zero attached hydrogens (tertiary/aromatic N) is 3. The van der Waals surface area contributed by atoms with Crippen LogP contribution in [0.5, 0.6) is 0 Å². The number of halogens is 4. The van der Waals surface area contributed by atoms with E-state index in [1.807, 2.05) is 4.90 Å². The Morgan fingerprint density at radius 3 is 2.16 bits per heavy atom. The summed E-state index contributed by atoms with van der Waals surface area (Å²) in [6, 6.07) is 2.65. The second kappa shape index (κ2) is 9.93. The number of β-amino-alcohol motifs (C(OH)–C–C–N with tert-alkyl or cyclic N) is 1. The molecule has 11 heteroatoms. The van der Waals surface area contributed by atoms with Crippen molar-refractivity contribution in [2.75, 3.05) is 52.4 Å². The molecule has 0 amide bonds. The van der Waals surface area contributed by atoms with Crippen LogP contribution >= 0.6 is 11.6 Å². The van der Waals surface area contributed by atoms with Gasteiger partial charge in [0.1, 0.15) is 0 Å². The lowest BCUT2D eigenvalue weighted by atomic mass is 9.99. The highest BCUT2D eigenvalue weighted by molar-refractivity contribution is 7.89. The predicted molar refractivity (Wildman–Crippen MR) is 112 cm³/mol. The van der Waals surface area contributed by atoms with Gasteiger partial charge in [-0.3, -0.25) is 4.90 Å². The monoisotopic (exact) mass is 483 g/mol. The highest BCUT2D eigenvalue weighted by atomic mass is 35.5. The first-order chi connectivity index (χ1) is 14.5. The number of hydrogen-bond acceptors (Lipinski definition) is 5. The minimum Gasteiger partial charge on any atom is -0.390 e. The number of sulfonamides is 1. The van der Waals surface area contributed by atoms with Crippen molar-refractivity contribution in [3.05, 3.63) is 28.8 Å². The van der Waals surface area contributed by atoms with Crippen molar-refractivity contribution in [3.8, 4) is 0 Å². The van der Waals surface area contributed by atoms with Gasteiger partial charge in [-0.15, -0.1) is 0 Å². The van der Waals surface area contributed by atoms with Gasteiger partial charge >= 0.3 is 6.18 Å². The smallest absolute Gasteiger partial charge is 0.390 e. The molecule has 0 bridgehead atoms. The average molecular weight is 484 g/mol. The van der Waals surface area contributed by atoms with Crippen molar-refractivity contribution in [1.29, 1.82) is 0 Å². The van der Waals surface area contributed by atoms with Crippen molar-refractivity contribution in [2.45, 2.75) is 36.9 Å². The molecule has 1 N–H and O–H groups in total. The molecule has 1 aromatic carbocycles. The molecule has 0 radical (unpaired) electrons. The van der Waals surface area contributed by atoms with Gasteiger partial charge in [0.05, 0.1) is 21.6 Å². The van der Waals surface area contributed by atoms with E-state index in [9.17, 15) is 26.7 Å². The van der Waals surface area contributed by atoms with Crippen LogP contribution in [0.4, 0.5) is 13.2 Å². The van der Waals surface area contributed by atoms with Crippen LogP contribution in [0, 0.1) is 5.92 Å². The summed E-state index contributed by atoms with van der Waals surface area (Å²) < 4.78 is 66.1. The summed E-state index contributed by atoms with van der Waals surface area (Å²) in [5, 5.41) is 9.89. The first kappa shape index (κ1) is 24.7. The van der Waals surface area contributed by atoms with Crippen LogP contribution in [0.2, 0.25) is 5.02 Å². The molecule has 2 heterocycles. The standard InChI is InChI=1S/C20H29ClF3N3O3S/c1-15-4-6-25(7-5-15)13-16(28)14-26-8-10-27(11-9-26)31(29,30)17-2-3-19(21)18(12-17)20(22,23)24/h2-3,12,15-16,28H,4-11,13-14H2,1H3. The summed E-state index contributed by atoms with van der Waals surface area (Å²) >= 11 is 5.60. The van der Waals surface area contributed by atoms with Crippen LogP contribution in [-0.2, 0) is 16.2 Å². The Kier molecular flexibility index (Phi) is 7.92. The Hall–Kier alpha value is -0.910. The Morgan fingerprint density at radius 2 is 1.61 bits per heavy atom. The topological polar surface area (TPSA) is 64.1 Å². The second-order valence-corrected chi connectivity index (χ2v) is 10.8. The molecule has 2 aliphatic heterocycles. The van der Waals surface area contributed by atoms with Gasteiger partial charge in [0.15, 0.2) is 0 Å². The summed E-state index contributed by atoms with van der Waals surface area (Å²) in [5.41, 5.74) is -1.16. The Morgan fingerprint density at radius 1 is 1.06 bits per heavy atom. The maximum atomic E-state index is 13.1. The highest BCUT2D eigenvalue weighted by Crippen LogP contribution is 2.36. The molecule has 1 aromatic rings. The van der Waals surface area contributed by atoms with Crippen molar-refractivity contribution >= 4 is 21.6 Å². The molecular formula is C20H29ClF3N3O3S. The van der Waals surface area contributed by atoms with E-state index in [0.29, 0.717) is 32.2 Å². The maximum Gasteiger partial charge on any atom is 0.417 e. The van der Waals surface area contributed by atoms with Crippen LogP contribution in [0.1, 0.15) is 25.3 Å². The molecule has 31 heavy (non-hydrogen) atoms. The molecule has 0 aliphatic carbocycles. The largest absolute Gasteiger partial charge is 0.417 e. The first-order valence-corrected chi connectivity index (χ1v) is 12.3. The minimum absolute atomic E-state index is 0.153. The number of piperazine rings is 1. The third kappa shape index (κ3) is 6.33. The molecule has 1 atom stereocenters. The zero-order valence-corrected chi connectivity index (χ0v) is 19.1. The predicted octanol–water partition coefficient (Wildman–Crippen LogP) is 2.76. The van der Waals surface area contributed by atoms with E-state index >= 15 is 0 Å². The number of likely N-dealkylation sites (tertiary alicyclic amines) is 1. The van der Waals surface area contributed by atoms with E-state index in [0.717, 1.165) is 44.0 Å². The van der Waals surface area contributed by atoms with E-state index in [4.69, 9.17) is 11.6 Å². The molecular weight excluding hydrogens is 455 g/mol. The van der Waals surface area contributed by atoms with Crippen molar-refractivity contribution < 1.29 is 26.7 Å². The maximum absolute atomic E-state index is 13.1. The summed E-state index contributed by atoms with van der Waals surface area (Å²) in [6.45, 7) is 6.35. The molecule has 0 saturated carbocycles. The van der Waals surface area contributed by atoms with Crippen molar-refractivity contribution in [1.82, 2.24) is 14.1 Å². The van der Waals surface area contributed by atoms with E-state index in [1.165, 1.54) is 4.31 Å². The molecule has 0 aromatic heterocycles. The summed E-state index contributed by atoms with van der Waals surface area (Å²) in [7, 11) is -4.06. The first-order valence-electron chi connectivity index (χ1n) is 10.5. The third-order valence-electron chi connectivity index (χ3n) is 6.03. The van der Waals surface area contributed by atoms with Gasteiger partial charge < -0.3 is 10.0 Å². The molecule has 0 spiro atoms. The molecule has 2 saturated heterocycles. The van der Waals surface area contributed by atoms with Gasteiger partial charge in [0, 0.05) is 39.3 Å². The van der Waals surface area contributed by atoms with Gasteiger partial charge in [-0.05, 0) is 50.0 Å². The number of alkyl halides is 3. The fourth-order valence-corrected chi connectivity index (χ4v) is 5.76. The molecule has 176 valence electrons. The number of hydrogen-bond donors (Lipinski definition) is 1. The van der Waals surface area contributed by atoms with Gasteiger partial charge in [-0.2, -0.15) is 17.5 Å². The van der Waals surface area contributed by atoms with Gasteiger partial charge in [-0.1, -0.05) is 18.5 Å². The van der Waals surface area contributed by atoms with Gasteiger partial charge in [0.25, 0.3) is 0 Å². The summed E-state index contributed by atoms with van der Waals surface area (Å²) in [6.07, 6.45) is -3.00. The molecule has 6 nitrogen and oxygen atoms in total. The number of rotatable bonds is 6. The fraction of sp³-hybridized carbons (Fsp3) is 0.700. The summed E-state index contributed by atoms with van der Waals surface area (Å²) in [5.74, 6) is 0.719. The second-order valence-electron chi connectivity index (χ2n) is 8.48.